The van der Waals surface area contributed by atoms with Crippen molar-refractivity contribution >= 4 is 16.9 Å². The number of rotatable bonds is 3. The van der Waals surface area contributed by atoms with Crippen LogP contribution < -0.4 is 5.56 Å². The zero-order valence-electron chi connectivity index (χ0n) is 12.2. The molecule has 106 valence electrons. The molecule has 0 aliphatic carbocycles. The van der Waals surface area contributed by atoms with E-state index < -0.39 is 11.4 Å². The molecule has 1 aromatic heterocycles. The van der Waals surface area contributed by atoms with Gasteiger partial charge in [-0.05, 0) is 57.4 Å². The van der Waals surface area contributed by atoms with E-state index in [2.05, 4.69) is 4.98 Å². The molecule has 0 saturated heterocycles. The van der Waals surface area contributed by atoms with E-state index in [0.717, 1.165) is 22.0 Å². The van der Waals surface area contributed by atoms with Crippen molar-refractivity contribution in [1.82, 2.24) is 4.98 Å². The summed E-state index contributed by atoms with van der Waals surface area (Å²) in [5, 5.41) is 10.1. The van der Waals surface area contributed by atoms with Crippen LogP contribution in [0.4, 0.5) is 0 Å². The van der Waals surface area contributed by atoms with Gasteiger partial charge in [-0.15, -0.1) is 0 Å². The Labute approximate surface area is 117 Å². The number of fused-ring (bicyclic) bond motifs is 1. The predicted octanol–water partition coefficient (Wildman–Crippen LogP) is 2.80. The Morgan fingerprint density at radius 3 is 2.50 bits per heavy atom. The summed E-state index contributed by atoms with van der Waals surface area (Å²) < 4.78 is 0. The van der Waals surface area contributed by atoms with Crippen LogP contribution in [0.15, 0.2) is 23.0 Å². The van der Waals surface area contributed by atoms with Crippen molar-refractivity contribution in [2.75, 3.05) is 0 Å². The monoisotopic (exact) mass is 273 g/mol. The Morgan fingerprint density at radius 1 is 1.25 bits per heavy atom. The van der Waals surface area contributed by atoms with Gasteiger partial charge in [0.05, 0.1) is 5.41 Å². The number of benzene rings is 1. The number of aryl methyl sites for hydroxylation is 2. The first-order valence-electron chi connectivity index (χ1n) is 6.57. The summed E-state index contributed by atoms with van der Waals surface area (Å²) in [6.07, 6.45) is 0.209. The summed E-state index contributed by atoms with van der Waals surface area (Å²) >= 11 is 0. The minimum atomic E-state index is -0.959. The molecule has 0 aliphatic heterocycles. The van der Waals surface area contributed by atoms with E-state index >= 15 is 0 Å². The molecule has 0 bridgehead atoms. The van der Waals surface area contributed by atoms with E-state index in [4.69, 9.17) is 0 Å². The van der Waals surface area contributed by atoms with Crippen molar-refractivity contribution in [3.05, 3.63) is 45.2 Å². The molecule has 0 radical (unpaired) electrons. The summed E-state index contributed by atoms with van der Waals surface area (Å²) in [4.78, 5) is 26.2. The number of carboxylic acids is 1. The number of H-pyrrole nitrogens is 1. The molecule has 0 aliphatic rings. The fourth-order valence-electron chi connectivity index (χ4n) is 2.40. The Kier molecular flexibility index (Phi) is 3.42. The number of aromatic amines is 1. The summed E-state index contributed by atoms with van der Waals surface area (Å²) in [5.41, 5.74) is 2.30. The summed E-state index contributed by atoms with van der Waals surface area (Å²) in [6, 6.07) is 5.79. The van der Waals surface area contributed by atoms with Crippen LogP contribution in [-0.4, -0.2) is 16.1 Å². The largest absolute Gasteiger partial charge is 0.481 e. The number of carbonyl (C=O) groups is 1. The minimum absolute atomic E-state index is 0.209. The SMILES string of the molecule is Cc1cc(C)c2cc(CC(C)(C)C(=O)O)c(=O)[nH]c2c1. The van der Waals surface area contributed by atoms with E-state index in [1.807, 2.05) is 32.0 Å². The van der Waals surface area contributed by atoms with Crippen molar-refractivity contribution < 1.29 is 9.90 Å². The summed E-state index contributed by atoms with van der Waals surface area (Å²) in [7, 11) is 0. The fourth-order valence-corrected chi connectivity index (χ4v) is 2.40. The first-order valence-corrected chi connectivity index (χ1v) is 6.57. The van der Waals surface area contributed by atoms with E-state index in [0.29, 0.717) is 5.56 Å². The number of nitrogens with one attached hydrogen (secondary N) is 1. The highest BCUT2D eigenvalue weighted by Crippen LogP contribution is 2.23. The van der Waals surface area contributed by atoms with Crippen LogP contribution in [0.25, 0.3) is 10.9 Å². The van der Waals surface area contributed by atoms with Crippen molar-refractivity contribution in [3.8, 4) is 0 Å². The first-order chi connectivity index (χ1) is 9.20. The molecule has 4 nitrogen and oxygen atoms in total. The lowest BCUT2D eigenvalue weighted by atomic mass is 9.86. The highest BCUT2D eigenvalue weighted by atomic mass is 16.4. The van der Waals surface area contributed by atoms with Crippen LogP contribution in [0.3, 0.4) is 0 Å². The quantitative estimate of drug-likeness (QED) is 0.903. The second-order valence-corrected chi connectivity index (χ2v) is 6.03. The van der Waals surface area contributed by atoms with Crippen molar-refractivity contribution in [3.63, 3.8) is 0 Å². The lowest BCUT2D eigenvalue weighted by Crippen LogP contribution is -2.29. The molecular formula is C16H19NO3. The zero-order valence-corrected chi connectivity index (χ0v) is 12.2. The maximum absolute atomic E-state index is 12.1. The standard InChI is InChI=1S/C16H19NO3/c1-9-5-10(2)12-7-11(8-16(3,4)15(19)20)14(18)17-13(12)6-9/h5-7H,8H2,1-4H3,(H,17,18)(H,19,20). The summed E-state index contributed by atoms with van der Waals surface area (Å²) in [5.74, 6) is -0.905. The van der Waals surface area contributed by atoms with Crippen LogP contribution in [0.5, 0.6) is 0 Å². The minimum Gasteiger partial charge on any atom is -0.481 e. The molecule has 1 aromatic carbocycles. The van der Waals surface area contributed by atoms with Gasteiger partial charge in [0.15, 0.2) is 0 Å². The molecule has 0 atom stereocenters. The van der Waals surface area contributed by atoms with Crippen molar-refractivity contribution in [2.24, 2.45) is 5.41 Å². The van der Waals surface area contributed by atoms with Gasteiger partial charge in [-0.1, -0.05) is 6.07 Å². The number of aliphatic carboxylic acids is 1. The first kappa shape index (κ1) is 14.3. The zero-order chi connectivity index (χ0) is 15.1. The maximum Gasteiger partial charge on any atom is 0.309 e. The van der Waals surface area contributed by atoms with E-state index in [1.165, 1.54) is 0 Å². The fraction of sp³-hybridized carbons (Fsp3) is 0.375. The van der Waals surface area contributed by atoms with Crippen LogP contribution in [0.1, 0.15) is 30.5 Å². The third-order valence-corrected chi connectivity index (χ3v) is 3.60. The molecule has 4 heteroatoms. The lowest BCUT2D eigenvalue weighted by molar-refractivity contribution is -0.146. The smallest absolute Gasteiger partial charge is 0.309 e. The molecule has 20 heavy (non-hydrogen) atoms. The number of hydrogen-bond acceptors (Lipinski definition) is 2. The molecule has 2 N–H and O–H groups in total. The molecule has 2 rings (SSSR count). The van der Waals surface area contributed by atoms with Crippen LogP contribution >= 0.6 is 0 Å². The van der Waals surface area contributed by atoms with Gasteiger partial charge in [-0.2, -0.15) is 0 Å². The van der Waals surface area contributed by atoms with Crippen LogP contribution in [0.2, 0.25) is 0 Å². The van der Waals surface area contributed by atoms with Crippen molar-refractivity contribution in [2.45, 2.75) is 34.1 Å². The van der Waals surface area contributed by atoms with Gasteiger partial charge >= 0.3 is 5.97 Å². The highest BCUT2D eigenvalue weighted by Gasteiger charge is 2.28. The molecule has 2 aromatic rings. The molecular weight excluding hydrogens is 254 g/mol. The Bertz CT molecular complexity index is 741. The van der Waals surface area contributed by atoms with Crippen LogP contribution in [-0.2, 0) is 11.2 Å². The Balaban J connectivity index is 2.59. The van der Waals surface area contributed by atoms with Gasteiger partial charge in [0.1, 0.15) is 0 Å². The lowest BCUT2D eigenvalue weighted by Gasteiger charge is -2.18. The van der Waals surface area contributed by atoms with Crippen LogP contribution in [0, 0.1) is 19.3 Å². The Morgan fingerprint density at radius 2 is 1.90 bits per heavy atom. The van der Waals surface area contributed by atoms with E-state index in [-0.39, 0.29) is 12.0 Å². The molecule has 1 heterocycles. The highest BCUT2D eigenvalue weighted by molar-refractivity contribution is 5.83. The topological polar surface area (TPSA) is 70.2 Å². The second-order valence-electron chi connectivity index (χ2n) is 6.03. The molecule has 0 amide bonds. The number of aromatic nitrogens is 1. The molecule has 0 spiro atoms. The van der Waals surface area contributed by atoms with Gasteiger partial charge < -0.3 is 10.1 Å². The number of carboxylic acid groups (broad SMARTS) is 1. The average Bonchev–Trinajstić information content (AvgIpc) is 2.30. The molecule has 0 unspecified atom stereocenters. The third-order valence-electron chi connectivity index (χ3n) is 3.60. The Hall–Kier alpha value is -2.10. The average molecular weight is 273 g/mol. The van der Waals surface area contributed by atoms with E-state index in [1.54, 1.807) is 13.8 Å². The van der Waals surface area contributed by atoms with Gasteiger partial charge in [-0.3, -0.25) is 9.59 Å². The number of pyridine rings is 1. The second kappa shape index (κ2) is 4.78. The van der Waals surface area contributed by atoms with E-state index in [9.17, 15) is 14.7 Å². The van der Waals surface area contributed by atoms with Gasteiger partial charge in [0.2, 0.25) is 0 Å². The summed E-state index contributed by atoms with van der Waals surface area (Å²) in [6.45, 7) is 7.22. The molecule has 0 fully saturated rings. The van der Waals surface area contributed by atoms with Gasteiger partial charge in [-0.25, -0.2) is 0 Å². The van der Waals surface area contributed by atoms with Crippen molar-refractivity contribution in [1.29, 1.82) is 0 Å². The number of hydrogen-bond donors (Lipinski definition) is 2. The van der Waals surface area contributed by atoms with Gasteiger partial charge in [0.25, 0.3) is 5.56 Å². The molecule has 0 saturated carbocycles. The third kappa shape index (κ3) is 2.59. The van der Waals surface area contributed by atoms with Gasteiger partial charge in [0, 0.05) is 16.5 Å². The predicted molar refractivity (Wildman–Crippen MR) is 79.2 cm³/mol. The maximum atomic E-state index is 12.1. The normalized spacial score (nSPS) is 11.8.